The first-order valence-corrected chi connectivity index (χ1v) is 11.3. The first kappa shape index (κ1) is 21.8. The van der Waals surface area contributed by atoms with Crippen LogP contribution in [0.2, 0.25) is 5.02 Å². The standard InChI is InChI=1S/C22H24ClF2N7O/c1-13-8-19(27-12-26-13)31-10-14-2-3-15(11-31)20(14)28-21-29-22(32(30-21)7-6-24)33-16-4-5-18(25)17(23)9-16/h4-5,8-9,12,14-15,20H,2-3,6-7,10-11H2,1H3,(H,28,30)/t14-,15+,20-. The summed E-state index contributed by atoms with van der Waals surface area (Å²) in [5.41, 5.74) is 0.949. The van der Waals surface area contributed by atoms with Crippen LogP contribution in [0.25, 0.3) is 0 Å². The Kier molecular flexibility index (Phi) is 6.01. The molecule has 1 saturated heterocycles. The molecule has 2 fully saturated rings. The maximum Gasteiger partial charge on any atom is 0.322 e. The number of halogens is 3. The lowest BCUT2D eigenvalue weighted by atomic mass is 9.92. The number of ether oxygens (including phenoxy) is 1. The van der Waals surface area contributed by atoms with Crippen molar-refractivity contribution in [3.8, 4) is 11.8 Å². The number of anilines is 2. The summed E-state index contributed by atoms with van der Waals surface area (Å²) in [6, 6.07) is 6.34. The summed E-state index contributed by atoms with van der Waals surface area (Å²) in [5.74, 6) is 1.92. The molecule has 3 aromatic rings. The summed E-state index contributed by atoms with van der Waals surface area (Å²) in [7, 11) is 0. The van der Waals surface area contributed by atoms with Crippen LogP contribution in [-0.2, 0) is 6.54 Å². The van der Waals surface area contributed by atoms with Gasteiger partial charge < -0.3 is 15.0 Å². The third kappa shape index (κ3) is 4.57. The SMILES string of the molecule is Cc1cc(N2C[C@H]3CC[C@@H](C2)[C@@H]3Nc2nc(Oc3ccc(F)c(Cl)c3)n(CCF)n2)ncn1. The molecule has 1 aliphatic heterocycles. The van der Waals surface area contributed by atoms with Crippen LogP contribution >= 0.6 is 11.6 Å². The molecule has 2 bridgehead atoms. The summed E-state index contributed by atoms with van der Waals surface area (Å²) in [6.07, 6.45) is 3.81. The third-order valence-corrected chi connectivity index (χ3v) is 6.57. The van der Waals surface area contributed by atoms with E-state index >= 15 is 0 Å². The van der Waals surface area contributed by atoms with Crippen molar-refractivity contribution in [1.82, 2.24) is 24.7 Å². The maximum absolute atomic E-state index is 13.4. The fourth-order valence-electron chi connectivity index (χ4n) is 4.74. The topological polar surface area (TPSA) is 81.0 Å². The summed E-state index contributed by atoms with van der Waals surface area (Å²) in [6.45, 7) is 3.11. The molecule has 0 radical (unpaired) electrons. The number of nitrogens with zero attached hydrogens (tertiary/aromatic N) is 6. The highest BCUT2D eigenvalue weighted by molar-refractivity contribution is 6.30. The molecule has 3 heterocycles. The Labute approximate surface area is 195 Å². The van der Waals surface area contributed by atoms with E-state index in [0.29, 0.717) is 23.5 Å². The second-order valence-corrected chi connectivity index (χ2v) is 8.91. The highest BCUT2D eigenvalue weighted by Gasteiger charge is 2.43. The summed E-state index contributed by atoms with van der Waals surface area (Å²) in [5, 5.41) is 7.80. The molecule has 3 atom stereocenters. The number of piperidine rings is 1. The van der Waals surface area contributed by atoms with Gasteiger partial charge in [0.15, 0.2) is 0 Å². The van der Waals surface area contributed by atoms with Gasteiger partial charge in [0.2, 0.25) is 5.95 Å². The normalized spacial score (nSPS) is 21.9. The summed E-state index contributed by atoms with van der Waals surface area (Å²) in [4.78, 5) is 15.4. The van der Waals surface area contributed by atoms with Crippen molar-refractivity contribution in [1.29, 1.82) is 0 Å². The Morgan fingerprint density at radius 2 is 1.97 bits per heavy atom. The van der Waals surface area contributed by atoms with E-state index in [2.05, 4.69) is 30.3 Å². The predicted octanol–water partition coefficient (Wildman–Crippen LogP) is 4.26. The van der Waals surface area contributed by atoms with Gasteiger partial charge in [-0.05, 0) is 43.7 Å². The van der Waals surface area contributed by atoms with Gasteiger partial charge in [0.1, 0.15) is 30.4 Å². The van der Waals surface area contributed by atoms with Crippen LogP contribution in [0.3, 0.4) is 0 Å². The first-order chi connectivity index (χ1) is 16.0. The fourth-order valence-corrected chi connectivity index (χ4v) is 4.91. The minimum absolute atomic E-state index is 0.00267. The number of aryl methyl sites for hydroxylation is 2. The number of nitrogens with one attached hydrogen (secondary N) is 1. The van der Waals surface area contributed by atoms with Crippen molar-refractivity contribution in [2.75, 3.05) is 30.0 Å². The Morgan fingerprint density at radius 1 is 1.18 bits per heavy atom. The van der Waals surface area contributed by atoms with Gasteiger partial charge in [0, 0.05) is 37.0 Å². The highest BCUT2D eigenvalue weighted by atomic mass is 35.5. The molecule has 1 saturated carbocycles. The van der Waals surface area contributed by atoms with Crippen LogP contribution < -0.4 is 15.0 Å². The molecule has 1 aromatic carbocycles. The Balaban J connectivity index is 1.31. The fraction of sp³-hybridized carbons (Fsp3) is 0.455. The van der Waals surface area contributed by atoms with Crippen molar-refractivity contribution >= 4 is 23.4 Å². The van der Waals surface area contributed by atoms with Crippen molar-refractivity contribution < 1.29 is 13.5 Å². The zero-order valence-electron chi connectivity index (χ0n) is 18.1. The van der Waals surface area contributed by atoms with Crippen LogP contribution in [-0.4, -0.2) is 50.5 Å². The molecular formula is C22H24ClF2N7O. The number of hydrogen-bond donors (Lipinski definition) is 1. The third-order valence-electron chi connectivity index (χ3n) is 6.28. The number of fused-ring (bicyclic) bond motifs is 2. The molecule has 1 N–H and O–H groups in total. The second-order valence-electron chi connectivity index (χ2n) is 8.50. The Morgan fingerprint density at radius 3 is 2.67 bits per heavy atom. The summed E-state index contributed by atoms with van der Waals surface area (Å²) >= 11 is 5.84. The van der Waals surface area contributed by atoms with Gasteiger partial charge in [-0.1, -0.05) is 11.6 Å². The maximum atomic E-state index is 13.4. The summed E-state index contributed by atoms with van der Waals surface area (Å²) < 4.78 is 33.6. The van der Waals surface area contributed by atoms with Gasteiger partial charge >= 0.3 is 6.01 Å². The minimum atomic E-state index is -0.620. The second kappa shape index (κ2) is 9.09. The van der Waals surface area contributed by atoms with Crippen LogP contribution in [0.5, 0.6) is 11.8 Å². The number of hydrogen-bond acceptors (Lipinski definition) is 7. The molecule has 0 spiro atoms. The highest BCUT2D eigenvalue weighted by Crippen LogP contribution is 2.40. The lowest BCUT2D eigenvalue weighted by molar-refractivity contribution is 0.362. The monoisotopic (exact) mass is 475 g/mol. The van der Waals surface area contributed by atoms with Gasteiger partial charge in [-0.15, -0.1) is 5.10 Å². The van der Waals surface area contributed by atoms with Crippen LogP contribution in [0.1, 0.15) is 18.5 Å². The number of rotatable bonds is 7. The molecule has 5 rings (SSSR count). The molecule has 0 unspecified atom stereocenters. The zero-order chi connectivity index (χ0) is 22.9. The van der Waals surface area contributed by atoms with Gasteiger partial charge in [-0.2, -0.15) is 4.98 Å². The average Bonchev–Trinajstić information content (AvgIpc) is 3.26. The van der Waals surface area contributed by atoms with Crippen LogP contribution in [0, 0.1) is 24.6 Å². The van der Waals surface area contributed by atoms with E-state index in [-0.39, 0.29) is 23.6 Å². The first-order valence-electron chi connectivity index (χ1n) is 10.9. The van der Waals surface area contributed by atoms with Crippen molar-refractivity contribution in [2.24, 2.45) is 11.8 Å². The quantitative estimate of drug-likeness (QED) is 0.547. The molecule has 33 heavy (non-hydrogen) atoms. The molecule has 11 heteroatoms. The Bertz CT molecular complexity index is 1130. The van der Waals surface area contributed by atoms with Gasteiger partial charge in [0.05, 0.1) is 11.6 Å². The molecule has 0 amide bonds. The average molecular weight is 476 g/mol. The van der Waals surface area contributed by atoms with E-state index in [0.717, 1.165) is 37.4 Å². The molecule has 1 aliphatic carbocycles. The zero-order valence-corrected chi connectivity index (χ0v) is 18.8. The van der Waals surface area contributed by atoms with Crippen molar-refractivity contribution in [3.63, 3.8) is 0 Å². The molecule has 174 valence electrons. The smallest absolute Gasteiger partial charge is 0.322 e. The van der Waals surface area contributed by atoms with Crippen molar-refractivity contribution in [3.05, 3.63) is 47.1 Å². The van der Waals surface area contributed by atoms with Gasteiger partial charge in [0.25, 0.3) is 0 Å². The van der Waals surface area contributed by atoms with E-state index in [9.17, 15) is 8.78 Å². The lowest BCUT2D eigenvalue weighted by Gasteiger charge is -2.38. The van der Waals surface area contributed by atoms with E-state index in [4.69, 9.17) is 16.3 Å². The lowest BCUT2D eigenvalue weighted by Crippen LogP contribution is -2.48. The van der Waals surface area contributed by atoms with Crippen LogP contribution in [0.15, 0.2) is 30.6 Å². The van der Waals surface area contributed by atoms with Crippen LogP contribution in [0.4, 0.5) is 20.5 Å². The number of aromatic nitrogens is 5. The largest absolute Gasteiger partial charge is 0.424 e. The van der Waals surface area contributed by atoms with E-state index in [1.54, 1.807) is 6.33 Å². The van der Waals surface area contributed by atoms with E-state index in [1.165, 1.54) is 22.9 Å². The molecule has 2 aliphatic rings. The number of alkyl halides is 1. The van der Waals surface area contributed by atoms with Gasteiger partial charge in [-0.3, -0.25) is 0 Å². The Hall–Kier alpha value is -3.01. The van der Waals surface area contributed by atoms with Gasteiger partial charge in [-0.25, -0.2) is 23.4 Å². The minimum Gasteiger partial charge on any atom is -0.424 e. The molecular weight excluding hydrogens is 452 g/mol. The van der Waals surface area contributed by atoms with E-state index in [1.807, 2.05) is 13.0 Å². The van der Waals surface area contributed by atoms with E-state index < -0.39 is 12.5 Å². The predicted molar refractivity (Wildman–Crippen MR) is 120 cm³/mol. The van der Waals surface area contributed by atoms with Crippen molar-refractivity contribution in [2.45, 2.75) is 32.4 Å². The molecule has 2 aromatic heterocycles. The number of benzene rings is 1. The molecule has 8 nitrogen and oxygen atoms in total.